The second kappa shape index (κ2) is 7.76. The molecule has 0 atom stereocenters. The highest BCUT2D eigenvalue weighted by atomic mass is 35.5. The van der Waals surface area contributed by atoms with Crippen molar-refractivity contribution in [2.45, 2.75) is 19.3 Å². The first-order valence-corrected chi connectivity index (χ1v) is 6.34. The number of ether oxygens (including phenoxy) is 1. The molecule has 0 unspecified atom stereocenters. The van der Waals surface area contributed by atoms with Gasteiger partial charge < -0.3 is 15.8 Å². The molecule has 3 N–H and O–H groups in total. The fourth-order valence-electron chi connectivity index (χ4n) is 1.52. The molecule has 0 fully saturated rings. The predicted molar refractivity (Wildman–Crippen MR) is 74.3 cm³/mol. The number of carbonyl (C=O) groups is 2. The van der Waals surface area contributed by atoms with Crippen LogP contribution < -0.4 is 11.1 Å². The van der Waals surface area contributed by atoms with E-state index in [0.717, 1.165) is 12.8 Å². The van der Waals surface area contributed by atoms with Gasteiger partial charge in [0.25, 0.3) is 0 Å². The van der Waals surface area contributed by atoms with Crippen LogP contribution in [-0.4, -0.2) is 25.5 Å². The first-order valence-electron chi connectivity index (χ1n) is 5.96. The van der Waals surface area contributed by atoms with E-state index in [4.69, 9.17) is 17.3 Å². The molecular formula is C13H17ClN2O3. The van der Waals surface area contributed by atoms with Crippen LogP contribution in [-0.2, 0) is 9.53 Å². The van der Waals surface area contributed by atoms with Crippen LogP contribution in [0.1, 0.15) is 29.6 Å². The Labute approximate surface area is 117 Å². The lowest BCUT2D eigenvalue weighted by atomic mass is 10.2. The maximum Gasteiger partial charge on any atom is 0.339 e. The number of hydrogen-bond acceptors (Lipinski definition) is 4. The molecule has 1 rings (SSSR count). The van der Waals surface area contributed by atoms with Crippen molar-refractivity contribution in [3.63, 3.8) is 0 Å². The zero-order valence-corrected chi connectivity index (χ0v) is 11.5. The van der Waals surface area contributed by atoms with Crippen molar-refractivity contribution in [1.82, 2.24) is 0 Å². The summed E-state index contributed by atoms with van der Waals surface area (Å²) < 4.78 is 4.61. The molecule has 19 heavy (non-hydrogen) atoms. The molecule has 1 aromatic carbocycles. The molecule has 0 aliphatic heterocycles. The van der Waals surface area contributed by atoms with Gasteiger partial charge in [-0.3, -0.25) is 4.79 Å². The maximum absolute atomic E-state index is 11.6. The van der Waals surface area contributed by atoms with Crippen molar-refractivity contribution in [3.05, 3.63) is 28.8 Å². The average molecular weight is 285 g/mol. The van der Waals surface area contributed by atoms with Crippen LogP contribution in [0.4, 0.5) is 5.69 Å². The van der Waals surface area contributed by atoms with Crippen LogP contribution in [0.2, 0.25) is 5.02 Å². The van der Waals surface area contributed by atoms with Gasteiger partial charge in [0.2, 0.25) is 5.91 Å². The number of unbranched alkanes of at least 4 members (excludes halogenated alkanes) is 1. The molecule has 6 heteroatoms. The second-order valence-electron chi connectivity index (χ2n) is 3.98. The van der Waals surface area contributed by atoms with Gasteiger partial charge in [-0.2, -0.15) is 0 Å². The molecule has 1 aromatic rings. The zero-order valence-electron chi connectivity index (χ0n) is 10.7. The highest BCUT2D eigenvalue weighted by molar-refractivity contribution is 6.33. The molecule has 0 saturated carbocycles. The number of rotatable bonds is 6. The maximum atomic E-state index is 11.6. The Kier molecular flexibility index (Phi) is 6.32. The van der Waals surface area contributed by atoms with Crippen molar-refractivity contribution in [3.8, 4) is 0 Å². The van der Waals surface area contributed by atoms with Gasteiger partial charge in [0.15, 0.2) is 0 Å². The topological polar surface area (TPSA) is 81.4 Å². The molecule has 104 valence electrons. The highest BCUT2D eigenvalue weighted by Crippen LogP contribution is 2.21. The van der Waals surface area contributed by atoms with E-state index >= 15 is 0 Å². The quantitative estimate of drug-likeness (QED) is 0.620. The summed E-state index contributed by atoms with van der Waals surface area (Å²) in [6, 6.07) is 4.67. The number of benzene rings is 1. The van der Waals surface area contributed by atoms with Crippen molar-refractivity contribution in [2.75, 3.05) is 19.0 Å². The van der Waals surface area contributed by atoms with Gasteiger partial charge in [0.1, 0.15) is 0 Å². The highest BCUT2D eigenvalue weighted by Gasteiger charge is 2.12. The van der Waals surface area contributed by atoms with Crippen LogP contribution in [0, 0.1) is 0 Å². The first kappa shape index (κ1) is 15.5. The van der Waals surface area contributed by atoms with Gasteiger partial charge in [0, 0.05) is 12.1 Å². The molecule has 0 saturated heterocycles. The number of esters is 1. The summed E-state index contributed by atoms with van der Waals surface area (Å²) in [6.45, 7) is 0.570. The minimum Gasteiger partial charge on any atom is -0.465 e. The van der Waals surface area contributed by atoms with E-state index in [9.17, 15) is 9.59 Å². The van der Waals surface area contributed by atoms with Gasteiger partial charge in [-0.25, -0.2) is 4.79 Å². The molecule has 0 heterocycles. The van der Waals surface area contributed by atoms with Crippen LogP contribution in [0.25, 0.3) is 0 Å². The Balaban J connectivity index is 2.69. The molecule has 0 spiro atoms. The Hall–Kier alpha value is -1.59. The number of anilines is 1. The molecule has 0 aliphatic carbocycles. The Morgan fingerprint density at radius 1 is 1.37 bits per heavy atom. The third-order valence-electron chi connectivity index (χ3n) is 2.51. The van der Waals surface area contributed by atoms with E-state index in [-0.39, 0.29) is 16.5 Å². The minimum absolute atomic E-state index is 0.119. The molecule has 0 aromatic heterocycles. The zero-order chi connectivity index (χ0) is 14.3. The lowest BCUT2D eigenvalue weighted by Gasteiger charge is -2.08. The number of carbonyl (C=O) groups excluding carboxylic acids is 2. The van der Waals surface area contributed by atoms with Gasteiger partial charge in [-0.05, 0) is 37.6 Å². The Morgan fingerprint density at radius 2 is 2.11 bits per heavy atom. The van der Waals surface area contributed by atoms with E-state index in [1.54, 1.807) is 12.1 Å². The molecule has 0 bridgehead atoms. The van der Waals surface area contributed by atoms with Gasteiger partial charge in [0.05, 0.1) is 17.7 Å². The largest absolute Gasteiger partial charge is 0.465 e. The number of nitrogens with one attached hydrogen (secondary N) is 1. The van der Waals surface area contributed by atoms with E-state index in [1.807, 2.05) is 0 Å². The standard InChI is InChI=1S/C13H17ClN2O3/c1-19-13(18)10-8-9(5-6-11(10)14)16-12(17)4-2-3-7-15/h5-6,8H,2-4,7,15H2,1H3,(H,16,17). The van der Waals surface area contributed by atoms with E-state index in [1.165, 1.54) is 13.2 Å². The summed E-state index contributed by atoms with van der Waals surface area (Å²) in [5.74, 6) is -0.657. The fraction of sp³-hybridized carbons (Fsp3) is 0.385. The van der Waals surface area contributed by atoms with Crippen molar-refractivity contribution >= 4 is 29.2 Å². The SMILES string of the molecule is COC(=O)c1cc(NC(=O)CCCCN)ccc1Cl. The summed E-state index contributed by atoms with van der Waals surface area (Å²) in [5.41, 5.74) is 6.10. The van der Waals surface area contributed by atoms with Crippen molar-refractivity contribution in [2.24, 2.45) is 5.73 Å². The Morgan fingerprint density at radius 3 is 2.74 bits per heavy atom. The van der Waals surface area contributed by atoms with Crippen LogP contribution in [0.5, 0.6) is 0 Å². The summed E-state index contributed by atoms with van der Waals surface area (Å²) in [5, 5.41) is 2.99. The summed E-state index contributed by atoms with van der Waals surface area (Å²) in [7, 11) is 1.27. The van der Waals surface area contributed by atoms with Crippen LogP contribution in [0.3, 0.4) is 0 Å². The number of halogens is 1. The van der Waals surface area contributed by atoms with E-state index < -0.39 is 5.97 Å². The monoisotopic (exact) mass is 284 g/mol. The number of methoxy groups -OCH3 is 1. The summed E-state index contributed by atoms with van der Waals surface area (Å²) >= 11 is 5.88. The summed E-state index contributed by atoms with van der Waals surface area (Å²) in [6.07, 6.45) is 1.94. The van der Waals surface area contributed by atoms with Crippen molar-refractivity contribution < 1.29 is 14.3 Å². The van der Waals surface area contributed by atoms with Gasteiger partial charge in [-0.1, -0.05) is 11.6 Å². The van der Waals surface area contributed by atoms with Crippen LogP contribution in [0.15, 0.2) is 18.2 Å². The molecule has 0 radical (unpaired) electrons. The number of amides is 1. The lowest BCUT2D eigenvalue weighted by molar-refractivity contribution is -0.116. The van der Waals surface area contributed by atoms with Crippen LogP contribution >= 0.6 is 11.6 Å². The Bertz CT molecular complexity index is 463. The average Bonchev–Trinajstić information content (AvgIpc) is 2.40. The summed E-state index contributed by atoms with van der Waals surface area (Å²) in [4.78, 5) is 23.1. The minimum atomic E-state index is -0.538. The number of hydrogen-bond donors (Lipinski definition) is 2. The van der Waals surface area contributed by atoms with Gasteiger partial charge in [-0.15, -0.1) is 0 Å². The first-order chi connectivity index (χ1) is 9.08. The second-order valence-corrected chi connectivity index (χ2v) is 4.39. The molecule has 0 aliphatic rings. The van der Waals surface area contributed by atoms with E-state index in [0.29, 0.717) is 18.7 Å². The molecule has 5 nitrogen and oxygen atoms in total. The normalized spacial score (nSPS) is 10.1. The molecule has 1 amide bonds. The van der Waals surface area contributed by atoms with Crippen molar-refractivity contribution in [1.29, 1.82) is 0 Å². The van der Waals surface area contributed by atoms with Gasteiger partial charge >= 0.3 is 5.97 Å². The fourth-order valence-corrected chi connectivity index (χ4v) is 1.72. The third kappa shape index (κ3) is 4.89. The molecular weight excluding hydrogens is 268 g/mol. The van der Waals surface area contributed by atoms with E-state index in [2.05, 4.69) is 10.1 Å². The number of nitrogens with two attached hydrogens (primary N) is 1. The smallest absolute Gasteiger partial charge is 0.339 e. The lowest BCUT2D eigenvalue weighted by Crippen LogP contribution is -2.13. The predicted octanol–water partition coefficient (Wildman–Crippen LogP) is 2.19. The third-order valence-corrected chi connectivity index (χ3v) is 2.84.